The van der Waals surface area contributed by atoms with Gasteiger partial charge >= 0.3 is 0 Å². The lowest BCUT2D eigenvalue weighted by molar-refractivity contribution is 0.669. The molecular weight excluding hydrogens is 520 g/mol. The van der Waals surface area contributed by atoms with Crippen molar-refractivity contribution < 1.29 is 40.1 Å². The van der Waals surface area contributed by atoms with Gasteiger partial charge in [0.25, 0.3) is 0 Å². The Kier molecular flexibility index (Phi) is 2.13. The lowest BCUT2D eigenvalue weighted by Gasteiger charge is -2.19. The minimum atomic E-state index is -1.08. The van der Waals surface area contributed by atoms with Gasteiger partial charge in [-0.1, -0.05) is 139 Å². The lowest BCUT2D eigenvalue weighted by Crippen LogP contribution is -1.92. The fourth-order valence-electron chi connectivity index (χ4n) is 5.27. The zero-order chi connectivity index (χ0) is 51.0. The van der Waals surface area contributed by atoms with Gasteiger partial charge in [0.15, 0.2) is 0 Å². The quantitative estimate of drug-likeness (QED) is 0.192. The van der Waals surface area contributed by atoms with E-state index in [1.807, 2.05) is 0 Å². The van der Waals surface area contributed by atoms with Crippen LogP contribution in [0.3, 0.4) is 0 Å². The zero-order valence-corrected chi connectivity index (χ0v) is 21.4. The van der Waals surface area contributed by atoms with Crippen molar-refractivity contribution in [3.63, 3.8) is 0 Å². The van der Waals surface area contributed by atoms with E-state index in [0.29, 0.717) is 0 Å². The van der Waals surface area contributed by atoms with Crippen LogP contribution in [0.4, 0.5) is 0 Å². The molecule has 0 N–H and O–H groups in total. The van der Waals surface area contributed by atoms with Crippen LogP contribution in [0.25, 0.3) is 87.6 Å². The molecule has 0 aliphatic carbocycles. The third-order valence-electron chi connectivity index (χ3n) is 7.01. The number of hydrogen-bond donors (Lipinski definition) is 0. The van der Waals surface area contributed by atoms with Crippen LogP contribution < -0.4 is 0 Å². The summed E-state index contributed by atoms with van der Waals surface area (Å²) in [5.41, 5.74) is -5.86. The van der Waals surface area contributed by atoms with Gasteiger partial charge in [-0.2, -0.15) is 0 Å². The molecule has 9 rings (SSSR count). The van der Waals surface area contributed by atoms with Gasteiger partial charge in [0, 0.05) is 10.8 Å². The normalized spacial score (nSPS) is 20.2. The van der Waals surface area contributed by atoms with Crippen molar-refractivity contribution in [3.8, 4) is 33.4 Å². The molecule has 0 saturated carbocycles. The molecule has 200 valence electrons. The van der Waals surface area contributed by atoms with Crippen LogP contribution in [0.5, 0.6) is 0 Å². The molecule has 0 radical (unpaired) electrons. The number of furan rings is 1. The van der Waals surface area contributed by atoms with Gasteiger partial charge in [-0.3, -0.25) is 0 Å². The lowest BCUT2D eigenvalue weighted by atomic mass is 9.83. The van der Waals surface area contributed by atoms with Crippen LogP contribution >= 0.6 is 0 Å². The summed E-state index contributed by atoms with van der Waals surface area (Å²) in [5.74, 6) is 0. The summed E-state index contributed by atoms with van der Waals surface area (Å²) >= 11 is 0. The van der Waals surface area contributed by atoms with Gasteiger partial charge in [0.1, 0.15) is 11.2 Å². The Morgan fingerprint density at radius 1 is 0.372 bits per heavy atom. The van der Waals surface area contributed by atoms with Gasteiger partial charge in [0.2, 0.25) is 0 Å². The van der Waals surface area contributed by atoms with Crippen molar-refractivity contribution in [1.82, 2.24) is 0 Å². The number of hydrogen-bond acceptors (Lipinski definition) is 1. The molecule has 1 nitrogen and oxygen atoms in total. The highest BCUT2D eigenvalue weighted by atomic mass is 16.3. The summed E-state index contributed by atoms with van der Waals surface area (Å²) in [6, 6.07) is -24.3. The molecule has 0 unspecified atom stereocenters. The molecule has 0 bridgehead atoms. The van der Waals surface area contributed by atoms with E-state index in [1.165, 1.54) is 0 Å². The van der Waals surface area contributed by atoms with Crippen molar-refractivity contribution in [1.29, 1.82) is 0 Å². The van der Waals surface area contributed by atoms with E-state index in [-0.39, 0.29) is 0 Å². The topological polar surface area (TPSA) is 13.1 Å². The Hall–Kier alpha value is -5.66. The molecule has 43 heavy (non-hydrogen) atoms. The van der Waals surface area contributed by atoms with Crippen LogP contribution in [0, 0.1) is 0 Å². The molecule has 1 heterocycles. The highest BCUT2D eigenvalue weighted by molar-refractivity contribution is 6.26. The first-order valence-corrected chi connectivity index (χ1v) is 12.7. The van der Waals surface area contributed by atoms with E-state index in [9.17, 15) is 8.22 Å². The average molecular weight is 573 g/mol. The van der Waals surface area contributed by atoms with E-state index in [4.69, 9.17) is 31.8 Å². The fraction of sp³-hybridized carbons (Fsp3) is 0. The van der Waals surface area contributed by atoms with Crippen LogP contribution in [-0.4, -0.2) is 0 Å². The first kappa shape index (κ1) is 9.69. The van der Waals surface area contributed by atoms with Crippen molar-refractivity contribution >= 4 is 54.3 Å². The van der Waals surface area contributed by atoms with Crippen LogP contribution in [-0.2, 0) is 0 Å². The largest absolute Gasteiger partial charge is 0.456 e. The van der Waals surface area contributed by atoms with E-state index >= 15 is 0 Å². The van der Waals surface area contributed by atoms with Gasteiger partial charge in [-0.25, -0.2) is 0 Å². The Labute approximate surface area is 285 Å². The minimum absolute atomic E-state index is 0.514. The zero-order valence-electron chi connectivity index (χ0n) is 47.4. The van der Waals surface area contributed by atoms with E-state index < -0.39 is 245 Å². The van der Waals surface area contributed by atoms with E-state index in [1.54, 1.807) is 0 Å². The molecule has 1 aromatic heterocycles. The first-order valence-electron chi connectivity index (χ1n) is 25.7. The summed E-state index contributed by atoms with van der Waals surface area (Å²) < 4.78 is 239. The smallest absolute Gasteiger partial charge is 0.136 e. The van der Waals surface area contributed by atoms with Gasteiger partial charge in [-0.15, -0.1) is 0 Å². The molecule has 0 aliphatic rings. The van der Waals surface area contributed by atoms with Crippen molar-refractivity contribution in [2.45, 2.75) is 0 Å². The predicted octanol–water partition coefficient (Wildman–Crippen LogP) is 12.0. The summed E-state index contributed by atoms with van der Waals surface area (Å²) in [4.78, 5) is 0. The van der Waals surface area contributed by atoms with Crippen molar-refractivity contribution in [2.75, 3.05) is 0 Å². The number of rotatable bonds is 3. The maximum absolute atomic E-state index is 10.2. The molecule has 9 aromatic rings. The predicted molar refractivity (Wildman–Crippen MR) is 183 cm³/mol. The molecule has 0 amide bonds. The Bertz CT molecular complexity index is 3930. The van der Waals surface area contributed by atoms with Gasteiger partial charge < -0.3 is 4.42 Å². The summed E-state index contributed by atoms with van der Waals surface area (Å²) in [6.45, 7) is 0. The van der Waals surface area contributed by atoms with Crippen molar-refractivity contribution in [2.24, 2.45) is 0 Å². The monoisotopic (exact) mass is 572 g/mol. The minimum Gasteiger partial charge on any atom is -0.456 e. The first-order chi connectivity index (χ1) is 32.2. The van der Waals surface area contributed by atoms with Crippen LogP contribution in [0.1, 0.15) is 35.6 Å². The Morgan fingerprint density at radius 3 is 1.84 bits per heavy atom. The number of benzene rings is 8. The number of fused-ring (bicyclic) bond motifs is 6. The maximum Gasteiger partial charge on any atom is 0.136 e. The highest BCUT2D eigenvalue weighted by Gasteiger charge is 2.21. The molecule has 8 aromatic carbocycles. The SMILES string of the molecule is [2H]c1c([2H])c([2H])c(-c2c3c([2H])c([2H])c([2H])c([2H])c3c(-c3c([2H])c([2H])c([2H])c4oc5c([2H])c([2H])c([2H])c([2H])c5c34)c3c([2H])c(-c4c([2H])c([2H])c([2H])c5c([2H])c([2H])c([2H])c([2H])c45)c([2H])c([2H])c23)c([2H])c1[2H]. The third-order valence-corrected chi connectivity index (χ3v) is 7.01. The van der Waals surface area contributed by atoms with Gasteiger partial charge in [-0.05, 0) is 83.8 Å². The standard InChI is InChI=1S/C42H26O/c1-2-13-28(14-3-1)40-32-17-6-7-18-33(32)41(36-21-11-23-39-42(36)35-19-8-9-22-38(35)43-39)37-26-29(24-25-34(37)40)31-20-10-15-27-12-4-5-16-30(27)31/h1-26H/i1D,2D,3D,4D,5D,6D,7D,8D,9D,10D,11D,12D,13D,14D,15D,16D,17D,18D,19D,20D,21D,22D,23D,24D,25D,26D. The maximum atomic E-state index is 10.2. The van der Waals surface area contributed by atoms with Crippen LogP contribution in [0.2, 0.25) is 0 Å². The molecule has 0 spiro atoms. The highest BCUT2D eigenvalue weighted by Crippen LogP contribution is 2.47. The number of para-hydroxylation sites is 1. The van der Waals surface area contributed by atoms with Crippen molar-refractivity contribution in [3.05, 3.63) is 157 Å². The summed E-state index contributed by atoms with van der Waals surface area (Å²) in [7, 11) is 0. The molecular formula is C42H26O. The molecule has 0 saturated heterocycles. The van der Waals surface area contributed by atoms with Gasteiger partial charge in [0.05, 0.1) is 35.6 Å². The van der Waals surface area contributed by atoms with Crippen LogP contribution in [0.15, 0.2) is 162 Å². The van der Waals surface area contributed by atoms with E-state index in [2.05, 4.69) is 0 Å². The molecule has 0 aliphatic heterocycles. The second-order valence-corrected chi connectivity index (χ2v) is 9.26. The second kappa shape index (κ2) is 9.44. The summed E-state index contributed by atoms with van der Waals surface area (Å²) in [5, 5.41) is -5.37. The molecule has 0 fully saturated rings. The molecule has 1 heteroatoms. The Balaban J connectivity index is 1.74. The fourth-order valence-corrected chi connectivity index (χ4v) is 5.27. The average Bonchev–Trinajstić information content (AvgIpc) is 3.72. The Morgan fingerprint density at radius 2 is 0.977 bits per heavy atom. The molecule has 0 atom stereocenters. The third kappa shape index (κ3) is 3.65. The van der Waals surface area contributed by atoms with E-state index in [0.717, 1.165) is 0 Å². The second-order valence-electron chi connectivity index (χ2n) is 9.26. The summed E-state index contributed by atoms with van der Waals surface area (Å²) in [6.07, 6.45) is 0.